The van der Waals surface area contributed by atoms with Crippen LogP contribution in [0.5, 0.6) is 0 Å². The Morgan fingerprint density at radius 2 is 2.57 bits per heavy atom. The molecule has 0 aromatic carbocycles. The second-order valence-electron chi connectivity index (χ2n) is 3.73. The standard InChI is InChI=1S/C11H16N2S/c1-2-10(13-12)8-4-3-5-11-9(8)6-7-14-11/h2,6-8,10,13H,1,3-5,12H2. The molecule has 0 amide bonds. The molecule has 0 radical (unpaired) electrons. The van der Waals surface area contributed by atoms with Crippen LogP contribution < -0.4 is 11.3 Å². The molecule has 1 heterocycles. The summed E-state index contributed by atoms with van der Waals surface area (Å²) in [4.78, 5) is 1.53. The Hall–Kier alpha value is -0.640. The number of rotatable bonds is 3. The number of nitrogens with two attached hydrogens (primary N) is 1. The van der Waals surface area contributed by atoms with Gasteiger partial charge >= 0.3 is 0 Å². The van der Waals surface area contributed by atoms with E-state index in [1.807, 2.05) is 17.4 Å². The highest BCUT2D eigenvalue weighted by molar-refractivity contribution is 7.10. The van der Waals surface area contributed by atoms with Crippen LogP contribution in [0, 0.1) is 0 Å². The summed E-state index contributed by atoms with van der Waals surface area (Å²) in [5.74, 6) is 6.04. The maximum atomic E-state index is 5.52. The number of hydrogen-bond donors (Lipinski definition) is 2. The van der Waals surface area contributed by atoms with Gasteiger partial charge in [-0.2, -0.15) is 0 Å². The highest BCUT2D eigenvalue weighted by Crippen LogP contribution is 2.36. The molecule has 2 unspecified atom stereocenters. The first kappa shape index (κ1) is 9.90. The minimum atomic E-state index is 0.212. The summed E-state index contributed by atoms with van der Waals surface area (Å²) in [6, 6.07) is 2.45. The molecule has 3 N–H and O–H groups in total. The molecule has 1 aliphatic carbocycles. The maximum Gasteiger partial charge on any atom is 0.0456 e. The van der Waals surface area contributed by atoms with Crippen LogP contribution in [0.15, 0.2) is 24.1 Å². The number of fused-ring (bicyclic) bond motifs is 1. The average molecular weight is 208 g/mol. The molecule has 14 heavy (non-hydrogen) atoms. The zero-order valence-corrected chi connectivity index (χ0v) is 9.02. The van der Waals surface area contributed by atoms with Gasteiger partial charge in [0.1, 0.15) is 0 Å². The van der Waals surface area contributed by atoms with Crippen molar-refractivity contribution in [3.63, 3.8) is 0 Å². The fourth-order valence-electron chi connectivity index (χ4n) is 2.24. The molecular weight excluding hydrogens is 192 g/mol. The van der Waals surface area contributed by atoms with Crippen molar-refractivity contribution in [2.45, 2.75) is 31.2 Å². The van der Waals surface area contributed by atoms with Crippen LogP contribution in [0.1, 0.15) is 29.2 Å². The number of hydrogen-bond acceptors (Lipinski definition) is 3. The Bertz CT molecular complexity index is 319. The van der Waals surface area contributed by atoms with Gasteiger partial charge in [0.15, 0.2) is 0 Å². The van der Waals surface area contributed by atoms with Crippen molar-refractivity contribution in [2.75, 3.05) is 0 Å². The largest absolute Gasteiger partial charge is 0.271 e. The van der Waals surface area contributed by atoms with E-state index >= 15 is 0 Å². The lowest BCUT2D eigenvalue weighted by Crippen LogP contribution is -2.39. The Balaban J connectivity index is 2.27. The fraction of sp³-hybridized carbons (Fsp3) is 0.455. The summed E-state index contributed by atoms with van der Waals surface area (Å²) in [7, 11) is 0. The van der Waals surface area contributed by atoms with Gasteiger partial charge in [0.25, 0.3) is 0 Å². The smallest absolute Gasteiger partial charge is 0.0456 e. The molecule has 2 rings (SSSR count). The van der Waals surface area contributed by atoms with Crippen LogP contribution in [0.3, 0.4) is 0 Å². The van der Waals surface area contributed by atoms with Gasteiger partial charge in [-0.05, 0) is 36.3 Å². The Kier molecular flexibility index (Phi) is 3.01. The molecule has 0 bridgehead atoms. The Morgan fingerprint density at radius 1 is 1.71 bits per heavy atom. The van der Waals surface area contributed by atoms with E-state index in [0.717, 1.165) is 0 Å². The molecule has 0 fully saturated rings. The van der Waals surface area contributed by atoms with Gasteiger partial charge in [0.2, 0.25) is 0 Å². The zero-order valence-electron chi connectivity index (χ0n) is 8.20. The van der Waals surface area contributed by atoms with Crippen molar-refractivity contribution in [1.82, 2.24) is 5.43 Å². The summed E-state index contributed by atoms with van der Waals surface area (Å²) < 4.78 is 0. The predicted octanol–water partition coefficient (Wildman–Crippen LogP) is 2.19. The third-order valence-electron chi connectivity index (χ3n) is 2.98. The quantitative estimate of drug-likeness (QED) is 0.454. The minimum absolute atomic E-state index is 0.212. The molecule has 0 saturated carbocycles. The van der Waals surface area contributed by atoms with E-state index < -0.39 is 0 Å². The van der Waals surface area contributed by atoms with E-state index in [0.29, 0.717) is 5.92 Å². The van der Waals surface area contributed by atoms with E-state index in [1.54, 1.807) is 0 Å². The lowest BCUT2D eigenvalue weighted by atomic mass is 9.83. The molecule has 0 aliphatic heterocycles. The van der Waals surface area contributed by atoms with Crippen LogP contribution in [0.4, 0.5) is 0 Å². The van der Waals surface area contributed by atoms with Crippen molar-refractivity contribution in [2.24, 2.45) is 5.84 Å². The summed E-state index contributed by atoms with van der Waals surface area (Å²) in [5, 5.41) is 2.18. The average Bonchev–Trinajstić information content (AvgIpc) is 2.68. The Morgan fingerprint density at radius 3 is 3.29 bits per heavy atom. The van der Waals surface area contributed by atoms with E-state index in [-0.39, 0.29) is 6.04 Å². The van der Waals surface area contributed by atoms with Crippen LogP contribution >= 0.6 is 11.3 Å². The molecule has 2 atom stereocenters. The summed E-state index contributed by atoms with van der Waals surface area (Å²) in [5.41, 5.74) is 4.31. The second kappa shape index (κ2) is 4.26. The fourth-order valence-corrected chi connectivity index (χ4v) is 3.24. The van der Waals surface area contributed by atoms with Crippen LogP contribution in [-0.4, -0.2) is 6.04 Å². The monoisotopic (exact) mass is 208 g/mol. The van der Waals surface area contributed by atoms with Crippen LogP contribution in [0.2, 0.25) is 0 Å². The molecule has 2 nitrogen and oxygen atoms in total. The number of nitrogens with one attached hydrogen (secondary N) is 1. The van der Waals surface area contributed by atoms with Gasteiger partial charge in [-0.15, -0.1) is 17.9 Å². The van der Waals surface area contributed by atoms with Crippen LogP contribution in [-0.2, 0) is 6.42 Å². The molecule has 0 spiro atoms. The normalized spacial score (nSPS) is 22.8. The van der Waals surface area contributed by atoms with Crippen molar-refractivity contribution >= 4 is 11.3 Å². The van der Waals surface area contributed by atoms with Gasteiger partial charge in [-0.3, -0.25) is 11.3 Å². The first-order valence-corrected chi connectivity index (χ1v) is 5.89. The predicted molar refractivity (Wildman–Crippen MR) is 61.3 cm³/mol. The van der Waals surface area contributed by atoms with Gasteiger partial charge in [0, 0.05) is 16.8 Å². The molecule has 1 aliphatic rings. The Labute approximate surface area is 88.8 Å². The first-order chi connectivity index (χ1) is 6.86. The van der Waals surface area contributed by atoms with Crippen molar-refractivity contribution in [1.29, 1.82) is 0 Å². The lowest BCUT2D eigenvalue weighted by molar-refractivity contribution is 0.455. The zero-order chi connectivity index (χ0) is 9.97. The van der Waals surface area contributed by atoms with E-state index in [9.17, 15) is 0 Å². The van der Waals surface area contributed by atoms with E-state index in [2.05, 4.69) is 23.5 Å². The molecule has 3 heteroatoms. The molecule has 0 saturated heterocycles. The third-order valence-corrected chi connectivity index (χ3v) is 3.97. The maximum absolute atomic E-state index is 5.52. The molecule has 1 aromatic rings. The van der Waals surface area contributed by atoms with Gasteiger partial charge < -0.3 is 0 Å². The molecular formula is C11H16N2S. The van der Waals surface area contributed by atoms with Crippen molar-refractivity contribution < 1.29 is 0 Å². The topological polar surface area (TPSA) is 38.0 Å². The molecule has 76 valence electrons. The molecule has 1 aromatic heterocycles. The SMILES string of the molecule is C=CC(NN)C1CCCc2sccc21. The van der Waals surface area contributed by atoms with Gasteiger partial charge in [0.05, 0.1) is 0 Å². The summed E-state index contributed by atoms with van der Waals surface area (Å²) >= 11 is 1.86. The lowest BCUT2D eigenvalue weighted by Gasteiger charge is -2.28. The number of thiophene rings is 1. The van der Waals surface area contributed by atoms with E-state index in [4.69, 9.17) is 5.84 Å². The number of hydrazine groups is 1. The highest BCUT2D eigenvalue weighted by Gasteiger charge is 2.26. The second-order valence-corrected chi connectivity index (χ2v) is 4.73. The minimum Gasteiger partial charge on any atom is -0.271 e. The summed E-state index contributed by atoms with van der Waals surface area (Å²) in [6.45, 7) is 3.83. The van der Waals surface area contributed by atoms with Crippen LogP contribution in [0.25, 0.3) is 0 Å². The first-order valence-electron chi connectivity index (χ1n) is 5.01. The van der Waals surface area contributed by atoms with Gasteiger partial charge in [-0.25, -0.2) is 0 Å². The van der Waals surface area contributed by atoms with Crippen molar-refractivity contribution in [3.05, 3.63) is 34.5 Å². The van der Waals surface area contributed by atoms with Crippen molar-refractivity contribution in [3.8, 4) is 0 Å². The highest BCUT2D eigenvalue weighted by atomic mass is 32.1. The van der Waals surface area contributed by atoms with Gasteiger partial charge in [-0.1, -0.05) is 6.08 Å². The van der Waals surface area contributed by atoms with E-state index in [1.165, 1.54) is 29.7 Å². The summed E-state index contributed by atoms with van der Waals surface area (Å²) in [6.07, 6.45) is 5.63. The number of aryl methyl sites for hydroxylation is 1. The third kappa shape index (κ3) is 1.63.